The van der Waals surface area contributed by atoms with Gasteiger partial charge in [-0.05, 0) is 31.4 Å². The van der Waals surface area contributed by atoms with Crippen molar-refractivity contribution in [3.05, 3.63) is 36.0 Å². The molecule has 0 bridgehead atoms. The lowest BCUT2D eigenvalue weighted by atomic mass is 10.0. The molecule has 0 saturated heterocycles. The highest BCUT2D eigenvalue weighted by atomic mass is 16.4. The van der Waals surface area contributed by atoms with Crippen molar-refractivity contribution in [3.8, 4) is 0 Å². The molecule has 41 heavy (non-hydrogen) atoms. The molecule has 4 amide bonds. The Hall–Kier alpha value is -4.70. The van der Waals surface area contributed by atoms with E-state index in [1.165, 1.54) is 6.92 Å². The number of fused-ring (bicyclic) bond motifs is 1. The van der Waals surface area contributed by atoms with E-state index >= 15 is 0 Å². The third-order valence-corrected chi connectivity index (χ3v) is 6.15. The lowest BCUT2D eigenvalue weighted by Crippen LogP contribution is -2.58. The minimum absolute atomic E-state index is 0.0180. The number of hydrogen-bond donors (Lipinski definition) is 10. The van der Waals surface area contributed by atoms with E-state index in [1.807, 2.05) is 18.2 Å². The van der Waals surface area contributed by atoms with Crippen LogP contribution in [0.25, 0.3) is 10.9 Å². The number of aromatic amines is 1. The first-order chi connectivity index (χ1) is 19.3. The van der Waals surface area contributed by atoms with Crippen molar-refractivity contribution in [2.45, 2.75) is 62.9 Å². The van der Waals surface area contributed by atoms with Crippen molar-refractivity contribution in [1.29, 1.82) is 0 Å². The fraction of sp³-hybridized carbons (Fsp3) is 0.440. The number of carbonyl (C=O) groups excluding carboxylic acids is 4. The smallest absolute Gasteiger partial charge is 0.326 e. The number of amides is 4. The van der Waals surface area contributed by atoms with Crippen molar-refractivity contribution in [1.82, 2.24) is 20.9 Å². The summed E-state index contributed by atoms with van der Waals surface area (Å²) in [5, 5.41) is 27.2. The molecule has 0 aliphatic carbocycles. The van der Waals surface area contributed by atoms with Crippen molar-refractivity contribution < 1.29 is 34.2 Å². The zero-order valence-corrected chi connectivity index (χ0v) is 22.5. The van der Waals surface area contributed by atoms with Gasteiger partial charge in [0.1, 0.15) is 24.2 Å². The van der Waals surface area contributed by atoms with E-state index in [-0.39, 0.29) is 31.8 Å². The molecule has 5 unspecified atom stereocenters. The summed E-state index contributed by atoms with van der Waals surface area (Å²) < 4.78 is 0. The average molecular weight is 576 g/mol. The van der Waals surface area contributed by atoms with Crippen LogP contribution in [0.2, 0.25) is 0 Å². The Labute approximate surface area is 235 Å². The van der Waals surface area contributed by atoms with Crippen LogP contribution in [0.3, 0.4) is 0 Å². The van der Waals surface area contributed by atoms with Gasteiger partial charge in [-0.25, -0.2) is 4.79 Å². The van der Waals surface area contributed by atoms with Crippen LogP contribution < -0.4 is 38.9 Å². The monoisotopic (exact) mass is 575 g/mol. The first kappa shape index (κ1) is 32.5. The molecule has 0 aliphatic heterocycles. The molecule has 16 heteroatoms. The third kappa shape index (κ3) is 10.1. The standard InChI is InChI=1S/C25H37N9O7/c1-12(35)20(27)23(39)33-17(9-13-11-31-15-6-3-2-5-14(13)15)22(38)32-16(7-4-8-30-25(28)29)21(37)34-18(24(40)41)10-19(26)36/h2-3,5-6,11-12,16-18,20,31,35H,4,7-10,27H2,1H3,(H2,26,36)(H,32,38)(H,33,39)(H,34,37)(H,40,41)(H4,28,29,30). The molecule has 2 rings (SSSR count). The highest BCUT2D eigenvalue weighted by molar-refractivity contribution is 5.95. The van der Waals surface area contributed by atoms with E-state index in [0.29, 0.717) is 5.56 Å². The summed E-state index contributed by atoms with van der Waals surface area (Å²) in [6.45, 7) is 1.42. The van der Waals surface area contributed by atoms with Gasteiger partial charge >= 0.3 is 5.97 Å². The first-order valence-electron chi connectivity index (χ1n) is 12.8. The molecular formula is C25H37N9O7. The highest BCUT2D eigenvalue weighted by Gasteiger charge is 2.32. The Kier molecular flexibility index (Phi) is 12.0. The van der Waals surface area contributed by atoms with Crippen LogP contribution in [-0.4, -0.2) is 87.6 Å². The van der Waals surface area contributed by atoms with Gasteiger partial charge in [-0.1, -0.05) is 18.2 Å². The molecule has 224 valence electrons. The SMILES string of the molecule is CC(O)C(N)C(=O)NC(Cc1c[nH]c2ccccc12)C(=O)NC(CCCN=C(N)N)C(=O)NC(CC(N)=O)C(=O)O. The molecule has 14 N–H and O–H groups in total. The normalized spacial score (nSPS) is 14.6. The maximum Gasteiger partial charge on any atom is 0.326 e. The van der Waals surface area contributed by atoms with Crippen molar-refractivity contribution in [3.63, 3.8) is 0 Å². The number of guanidine groups is 1. The fourth-order valence-electron chi connectivity index (χ4n) is 3.93. The Morgan fingerprint density at radius 1 is 0.951 bits per heavy atom. The number of para-hydroxylation sites is 1. The Morgan fingerprint density at radius 3 is 2.17 bits per heavy atom. The quantitative estimate of drug-likeness (QED) is 0.0545. The number of carbonyl (C=O) groups is 5. The molecule has 5 atom stereocenters. The Morgan fingerprint density at radius 2 is 1.56 bits per heavy atom. The summed E-state index contributed by atoms with van der Waals surface area (Å²) in [4.78, 5) is 69.0. The number of carboxylic acid groups (broad SMARTS) is 1. The maximum atomic E-state index is 13.5. The number of primary amides is 1. The number of aliphatic hydroxyl groups is 1. The van der Waals surface area contributed by atoms with Gasteiger partial charge < -0.3 is 54.1 Å². The largest absolute Gasteiger partial charge is 0.480 e. The van der Waals surface area contributed by atoms with Gasteiger partial charge in [0.15, 0.2) is 5.96 Å². The molecule has 1 aromatic carbocycles. The van der Waals surface area contributed by atoms with Gasteiger partial charge in [0.25, 0.3) is 0 Å². The summed E-state index contributed by atoms with van der Waals surface area (Å²) in [7, 11) is 0. The molecule has 0 radical (unpaired) electrons. The van der Waals surface area contributed by atoms with Crippen LogP contribution in [0.4, 0.5) is 0 Å². The van der Waals surface area contributed by atoms with Crippen LogP contribution in [-0.2, 0) is 30.4 Å². The molecule has 2 aromatic rings. The number of rotatable bonds is 16. The van der Waals surface area contributed by atoms with E-state index < -0.39 is 66.3 Å². The van der Waals surface area contributed by atoms with Gasteiger partial charge in [-0.2, -0.15) is 0 Å². The maximum absolute atomic E-state index is 13.5. The molecule has 16 nitrogen and oxygen atoms in total. The topological polar surface area (TPSA) is 294 Å². The van der Waals surface area contributed by atoms with E-state index in [4.69, 9.17) is 22.9 Å². The predicted molar refractivity (Wildman–Crippen MR) is 149 cm³/mol. The lowest BCUT2D eigenvalue weighted by Gasteiger charge is -2.25. The number of carboxylic acids is 1. The van der Waals surface area contributed by atoms with Crippen molar-refractivity contribution in [2.75, 3.05) is 6.54 Å². The number of benzene rings is 1. The fourth-order valence-corrected chi connectivity index (χ4v) is 3.93. The highest BCUT2D eigenvalue weighted by Crippen LogP contribution is 2.19. The number of aromatic nitrogens is 1. The number of hydrogen-bond acceptors (Lipinski definition) is 8. The van der Waals surface area contributed by atoms with Crippen molar-refractivity contribution in [2.24, 2.45) is 27.9 Å². The molecular weight excluding hydrogens is 538 g/mol. The van der Waals surface area contributed by atoms with E-state index in [1.54, 1.807) is 12.3 Å². The number of nitrogens with one attached hydrogen (secondary N) is 4. The van der Waals surface area contributed by atoms with Crippen LogP contribution in [0.5, 0.6) is 0 Å². The summed E-state index contributed by atoms with van der Waals surface area (Å²) in [6.07, 6.45) is -0.0535. The molecule has 0 spiro atoms. The summed E-state index contributed by atoms with van der Waals surface area (Å²) >= 11 is 0. The minimum atomic E-state index is -1.64. The second-order valence-electron chi connectivity index (χ2n) is 9.47. The lowest BCUT2D eigenvalue weighted by molar-refractivity contribution is -0.143. The summed E-state index contributed by atoms with van der Waals surface area (Å²) in [6, 6.07) is 1.75. The molecule has 0 aliphatic rings. The van der Waals surface area contributed by atoms with Crippen LogP contribution >= 0.6 is 0 Å². The molecule has 0 fully saturated rings. The molecule has 0 saturated carbocycles. The second kappa shape index (κ2) is 15.2. The van der Waals surface area contributed by atoms with Gasteiger partial charge in [-0.15, -0.1) is 0 Å². The van der Waals surface area contributed by atoms with Crippen LogP contribution in [0.1, 0.15) is 31.7 Å². The number of aliphatic imine (C=N–C) groups is 1. The van der Waals surface area contributed by atoms with Crippen molar-refractivity contribution >= 4 is 46.5 Å². The van der Waals surface area contributed by atoms with Crippen LogP contribution in [0, 0.1) is 0 Å². The molecule has 1 aromatic heterocycles. The van der Waals surface area contributed by atoms with E-state index in [9.17, 15) is 34.2 Å². The zero-order valence-electron chi connectivity index (χ0n) is 22.5. The number of nitrogens with two attached hydrogens (primary N) is 4. The number of nitrogens with zero attached hydrogens (tertiary/aromatic N) is 1. The van der Waals surface area contributed by atoms with Gasteiger partial charge in [0.2, 0.25) is 23.6 Å². The summed E-state index contributed by atoms with van der Waals surface area (Å²) in [5.74, 6) is -5.14. The predicted octanol–water partition coefficient (Wildman–Crippen LogP) is -3.11. The molecule has 1 heterocycles. The average Bonchev–Trinajstić information content (AvgIpc) is 3.31. The van der Waals surface area contributed by atoms with Gasteiger partial charge in [0, 0.05) is 30.1 Å². The second-order valence-corrected chi connectivity index (χ2v) is 9.47. The van der Waals surface area contributed by atoms with E-state index in [2.05, 4.69) is 25.9 Å². The van der Waals surface area contributed by atoms with E-state index in [0.717, 1.165) is 10.9 Å². The number of aliphatic hydroxyl groups excluding tert-OH is 1. The minimum Gasteiger partial charge on any atom is -0.480 e. The van der Waals surface area contributed by atoms with Gasteiger partial charge in [-0.3, -0.25) is 24.2 Å². The first-order valence-corrected chi connectivity index (χ1v) is 12.8. The zero-order chi connectivity index (χ0) is 30.7. The Balaban J connectivity index is 2.33. The number of H-pyrrole nitrogens is 1. The summed E-state index contributed by atoms with van der Waals surface area (Å²) in [5.41, 5.74) is 23.0. The van der Waals surface area contributed by atoms with Crippen LogP contribution in [0.15, 0.2) is 35.5 Å². The third-order valence-electron chi connectivity index (χ3n) is 6.15. The Bertz CT molecular complexity index is 1270. The number of aliphatic carboxylic acids is 1. The van der Waals surface area contributed by atoms with Gasteiger partial charge in [0.05, 0.1) is 12.5 Å².